The highest BCUT2D eigenvalue weighted by Gasteiger charge is 2.30. The maximum absolute atomic E-state index is 13.6. The molecule has 222 valence electrons. The van der Waals surface area contributed by atoms with E-state index in [0.29, 0.717) is 17.9 Å². The summed E-state index contributed by atoms with van der Waals surface area (Å²) in [5.74, 6) is -1.63. The van der Waals surface area contributed by atoms with Gasteiger partial charge in [0.25, 0.3) is 0 Å². The molecule has 13 nitrogen and oxygen atoms in total. The molecule has 0 aliphatic carbocycles. The number of hydrogen-bond acceptors (Lipinski definition) is 7. The predicted molar refractivity (Wildman–Crippen MR) is 159 cm³/mol. The number of anilines is 1. The summed E-state index contributed by atoms with van der Waals surface area (Å²) in [5.41, 5.74) is 17.7. The van der Waals surface area contributed by atoms with Crippen LogP contribution in [0, 0.1) is 0 Å². The minimum atomic E-state index is -1.08. The number of nitrogens with two attached hydrogens (primary N) is 3. The molecule has 4 amide bonds. The number of carbonyl (C=O) groups excluding carboxylic acids is 4. The number of rotatable bonds is 14. The summed E-state index contributed by atoms with van der Waals surface area (Å²) in [5, 5.41) is 6.36. The number of nitrogens with one attached hydrogen (secondary N) is 2. The average Bonchev–Trinajstić information content (AvgIpc) is 2.98. The molecule has 3 aromatic rings. The van der Waals surface area contributed by atoms with Crippen molar-refractivity contribution in [2.75, 3.05) is 31.6 Å². The molecule has 3 rings (SSSR count). The van der Waals surface area contributed by atoms with Gasteiger partial charge in [0.05, 0.1) is 13.7 Å². The first-order chi connectivity index (χ1) is 20.2. The van der Waals surface area contributed by atoms with Crippen molar-refractivity contribution in [2.24, 2.45) is 22.2 Å². The number of primary amides is 1. The summed E-state index contributed by atoms with van der Waals surface area (Å²) in [6.07, 6.45) is -0.295. The summed E-state index contributed by atoms with van der Waals surface area (Å²) in [7, 11) is 1.50. The Morgan fingerprint density at radius 3 is 2.33 bits per heavy atom. The van der Waals surface area contributed by atoms with Crippen molar-refractivity contribution in [3.8, 4) is 5.75 Å². The molecule has 3 aromatic carbocycles. The van der Waals surface area contributed by atoms with Gasteiger partial charge in [-0.15, -0.1) is 0 Å². The molecule has 0 bridgehead atoms. The summed E-state index contributed by atoms with van der Waals surface area (Å²) < 4.78 is 10.6. The predicted octanol–water partition coefficient (Wildman–Crippen LogP) is 1.13. The third-order valence-corrected chi connectivity index (χ3v) is 6.19. The summed E-state index contributed by atoms with van der Waals surface area (Å²) in [6, 6.07) is 18.7. The zero-order chi connectivity index (χ0) is 30.5. The van der Waals surface area contributed by atoms with Gasteiger partial charge in [-0.1, -0.05) is 54.6 Å². The van der Waals surface area contributed by atoms with Gasteiger partial charge in [-0.05, 0) is 29.9 Å². The summed E-state index contributed by atoms with van der Waals surface area (Å²) >= 11 is 0. The lowest BCUT2D eigenvalue weighted by atomic mass is 10.0. The Balaban J connectivity index is 1.73. The maximum Gasteiger partial charge on any atom is 0.407 e. The number of nitrogens with zero attached hydrogens (tertiary/aromatic N) is 2. The highest BCUT2D eigenvalue weighted by molar-refractivity contribution is 6.04. The average molecular weight is 578 g/mol. The SMILES string of the molecule is COc1cc(N(C(=O)CNC(=O)CNC(=O)OCc2ccccc2)[C@@H](CCCN=C(N)N)C(N)=O)cc2ccccc12. The fourth-order valence-electron chi connectivity index (χ4n) is 4.21. The Morgan fingerprint density at radius 2 is 1.64 bits per heavy atom. The molecule has 0 aromatic heterocycles. The van der Waals surface area contributed by atoms with Crippen LogP contribution in [-0.4, -0.2) is 62.6 Å². The van der Waals surface area contributed by atoms with Crippen molar-refractivity contribution < 1.29 is 28.7 Å². The van der Waals surface area contributed by atoms with Gasteiger partial charge in [-0.25, -0.2) is 4.79 Å². The molecule has 0 aliphatic rings. The monoisotopic (exact) mass is 577 g/mol. The summed E-state index contributed by atoms with van der Waals surface area (Å²) in [4.78, 5) is 55.7. The molecule has 0 unspecified atom stereocenters. The molecule has 42 heavy (non-hydrogen) atoms. The van der Waals surface area contributed by atoms with Crippen molar-refractivity contribution in [1.82, 2.24) is 10.6 Å². The van der Waals surface area contributed by atoms with Crippen molar-refractivity contribution in [2.45, 2.75) is 25.5 Å². The molecule has 1 atom stereocenters. The molecule has 13 heteroatoms. The van der Waals surface area contributed by atoms with Gasteiger partial charge < -0.3 is 37.3 Å². The molecular weight excluding hydrogens is 542 g/mol. The molecule has 0 aliphatic heterocycles. The van der Waals surface area contributed by atoms with Gasteiger partial charge in [0.2, 0.25) is 17.7 Å². The molecule has 0 fully saturated rings. The Morgan fingerprint density at radius 1 is 0.929 bits per heavy atom. The van der Waals surface area contributed by atoms with Crippen molar-refractivity contribution >= 4 is 46.2 Å². The third kappa shape index (κ3) is 9.11. The number of ether oxygens (including phenoxy) is 2. The number of benzene rings is 3. The van der Waals surface area contributed by atoms with Crippen LogP contribution in [0.15, 0.2) is 71.7 Å². The number of carbonyl (C=O) groups is 4. The number of guanidine groups is 1. The lowest BCUT2D eigenvalue weighted by Gasteiger charge is -2.30. The van der Waals surface area contributed by atoms with Gasteiger partial charge in [-0.3, -0.25) is 24.3 Å². The topological polar surface area (TPSA) is 204 Å². The molecular formula is C29H35N7O6. The number of methoxy groups -OCH3 is 1. The molecule has 0 radical (unpaired) electrons. The van der Waals surface area contributed by atoms with Crippen LogP contribution in [0.5, 0.6) is 5.75 Å². The van der Waals surface area contributed by atoms with Crippen LogP contribution in [-0.2, 0) is 25.7 Å². The Bertz CT molecular complexity index is 1430. The van der Waals surface area contributed by atoms with Crippen molar-refractivity contribution in [1.29, 1.82) is 0 Å². The fraction of sp³-hybridized carbons (Fsp3) is 0.276. The Hall–Kier alpha value is -5.33. The zero-order valence-electron chi connectivity index (χ0n) is 23.2. The molecule has 0 heterocycles. The van der Waals surface area contributed by atoms with Crippen molar-refractivity contribution in [3.63, 3.8) is 0 Å². The van der Waals surface area contributed by atoms with Crippen LogP contribution < -0.4 is 37.5 Å². The maximum atomic E-state index is 13.6. The van der Waals surface area contributed by atoms with Gasteiger partial charge in [0.15, 0.2) is 5.96 Å². The van der Waals surface area contributed by atoms with Crippen LogP contribution in [0.3, 0.4) is 0 Å². The van der Waals surface area contributed by atoms with Gasteiger partial charge in [0.1, 0.15) is 24.9 Å². The van der Waals surface area contributed by atoms with Gasteiger partial charge in [-0.2, -0.15) is 0 Å². The quantitative estimate of drug-likeness (QED) is 0.106. The van der Waals surface area contributed by atoms with E-state index in [2.05, 4.69) is 15.6 Å². The largest absolute Gasteiger partial charge is 0.496 e. The second kappa shape index (κ2) is 15.5. The first-order valence-electron chi connectivity index (χ1n) is 13.1. The number of hydrogen-bond donors (Lipinski definition) is 5. The third-order valence-electron chi connectivity index (χ3n) is 6.19. The van der Waals surface area contributed by atoms with Gasteiger partial charge in [0, 0.05) is 23.7 Å². The Kier molecular flexibility index (Phi) is 11.5. The molecule has 0 spiro atoms. The highest BCUT2D eigenvalue weighted by atomic mass is 16.5. The van der Waals surface area contributed by atoms with E-state index in [-0.39, 0.29) is 25.5 Å². The first kappa shape index (κ1) is 31.2. The summed E-state index contributed by atoms with van der Waals surface area (Å²) in [6.45, 7) is -0.651. The van der Waals surface area contributed by atoms with Crippen molar-refractivity contribution in [3.05, 3.63) is 72.3 Å². The number of alkyl carbamates (subject to hydrolysis) is 1. The van der Waals surface area contributed by atoms with E-state index in [1.807, 2.05) is 42.5 Å². The fourth-order valence-corrected chi connectivity index (χ4v) is 4.21. The normalized spacial score (nSPS) is 11.2. The van der Waals surface area contributed by atoms with E-state index in [9.17, 15) is 19.2 Å². The van der Waals surface area contributed by atoms with E-state index in [4.69, 9.17) is 26.7 Å². The van der Waals surface area contributed by atoms with Crippen LogP contribution >= 0.6 is 0 Å². The van der Waals surface area contributed by atoms with E-state index >= 15 is 0 Å². The number of aliphatic imine (C=N–C) groups is 1. The van der Waals surface area contributed by atoms with E-state index < -0.39 is 42.9 Å². The number of amides is 4. The highest BCUT2D eigenvalue weighted by Crippen LogP contribution is 2.33. The standard InChI is InChI=1S/C29H35N7O6/c1-41-24-15-21(14-20-10-5-6-11-22(20)24)36(23(27(30)39)12-7-13-33-28(31)32)26(38)17-34-25(37)16-35-29(40)42-18-19-8-3-2-4-9-19/h2-6,8-11,14-15,23H,7,12-13,16-18H2,1H3,(H2,30,39)(H,34,37)(H,35,40)(H4,31,32,33)/t23-/m0/s1. The van der Waals surface area contributed by atoms with E-state index in [1.165, 1.54) is 12.0 Å². The number of fused-ring (bicyclic) bond motifs is 1. The zero-order valence-corrected chi connectivity index (χ0v) is 23.2. The molecule has 0 saturated carbocycles. The lowest BCUT2D eigenvalue weighted by Crippen LogP contribution is -2.52. The van der Waals surface area contributed by atoms with Crippen LogP contribution in [0.1, 0.15) is 18.4 Å². The van der Waals surface area contributed by atoms with Gasteiger partial charge >= 0.3 is 6.09 Å². The smallest absolute Gasteiger partial charge is 0.407 e. The minimum absolute atomic E-state index is 0.0364. The Labute approximate surface area is 243 Å². The minimum Gasteiger partial charge on any atom is -0.496 e. The second-order valence-electron chi connectivity index (χ2n) is 9.19. The van der Waals surface area contributed by atoms with E-state index in [1.54, 1.807) is 24.3 Å². The molecule has 8 N–H and O–H groups in total. The second-order valence-corrected chi connectivity index (χ2v) is 9.19. The first-order valence-corrected chi connectivity index (χ1v) is 13.1. The van der Waals surface area contributed by atoms with Crippen LogP contribution in [0.4, 0.5) is 10.5 Å². The lowest BCUT2D eigenvalue weighted by molar-refractivity contribution is -0.126. The molecule has 0 saturated heterocycles. The van der Waals surface area contributed by atoms with Crippen LogP contribution in [0.25, 0.3) is 10.8 Å². The van der Waals surface area contributed by atoms with Crippen LogP contribution in [0.2, 0.25) is 0 Å². The van der Waals surface area contributed by atoms with E-state index in [0.717, 1.165) is 16.3 Å².